The van der Waals surface area contributed by atoms with Gasteiger partial charge in [-0.25, -0.2) is 0 Å². The van der Waals surface area contributed by atoms with Gasteiger partial charge in [0.1, 0.15) is 0 Å². The van der Waals surface area contributed by atoms with Crippen molar-refractivity contribution >= 4 is 12.0 Å². The molecule has 16 heavy (non-hydrogen) atoms. The molecule has 0 bridgehead atoms. The molecule has 0 aliphatic carbocycles. The lowest BCUT2D eigenvalue weighted by molar-refractivity contribution is -0.149. The number of ether oxygens (including phenoxy) is 1. The van der Waals surface area contributed by atoms with E-state index in [1.165, 1.54) is 5.56 Å². The van der Waals surface area contributed by atoms with E-state index >= 15 is 0 Å². The van der Waals surface area contributed by atoms with E-state index in [0.29, 0.717) is 18.9 Å². The molecule has 0 amide bonds. The maximum atomic E-state index is 11.1. The third-order valence-corrected chi connectivity index (χ3v) is 2.82. The zero-order valence-corrected chi connectivity index (χ0v) is 9.26. The van der Waals surface area contributed by atoms with Gasteiger partial charge in [0, 0.05) is 6.42 Å². The molecular formula is C14H16O2. The Hall–Kier alpha value is -1.57. The molecule has 2 rings (SSSR count). The molecule has 0 spiro atoms. The van der Waals surface area contributed by atoms with E-state index in [4.69, 9.17) is 4.74 Å². The predicted octanol–water partition coefficient (Wildman–Crippen LogP) is 3.04. The Morgan fingerprint density at radius 1 is 1.31 bits per heavy atom. The first-order valence-electron chi connectivity index (χ1n) is 5.72. The Balaban J connectivity index is 1.83. The topological polar surface area (TPSA) is 26.3 Å². The fourth-order valence-electron chi connectivity index (χ4n) is 1.90. The van der Waals surface area contributed by atoms with Crippen LogP contribution in [-0.2, 0) is 9.53 Å². The van der Waals surface area contributed by atoms with E-state index in [1.54, 1.807) is 0 Å². The second-order valence-electron chi connectivity index (χ2n) is 4.13. The average molecular weight is 216 g/mol. The molecule has 1 aliphatic rings. The van der Waals surface area contributed by atoms with Gasteiger partial charge in [-0.3, -0.25) is 4.79 Å². The van der Waals surface area contributed by atoms with Crippen LogP contribution in [0.1, 0.15) is 24.8 Å². The fraction of sp³-hybridized carbons (Fsp3) is 0.357. The summed E-state index contributed by atoms with van der Waals surface area (Å²) in [5.74, 6) is 0.408. The van der Waals surface area contributed by atoms with Crippen LogP contribution in [0.25, 0.3) is 6.08 Å². The van der Waals surface area contributed by atoms with Gasteiger partial charge in [-0.05, 0) is 24.3 Å². The summed E-state index contributed by atoms with van der Waals surface area (Å²) >= 11 is 0. The van der Waals surface area contributed by atoms with Crippen LogP contribution in [-0.4, -0.2) is 12.6 Å². The van der Waals surface area contributed by atoms with Crippen LogP contribution in [0.3, 0.4) is 0 Å². The van der Waals surface area contributed by atoms with Gasteiger partial charge >= 0.3 is 5.97 Å². The number of allylic oxidation sites excluding steroid dienone is 1. The highest BCUT2D eigenvalue weighted by molar-refractivity contribution is 5.70. The lowest BCUT2D eigenvalue weighted by Crippen LogP contribution is -2.20. The standard InChI is InChI=1S/C14H16O2/c15-14-11-13(9-10-16-14)8-4-7-12-5-2-1-3-6-12/h1-7,13H,8-11H2/t13-/m1/s1. The van der Waals surface area contributed by atoms with Gasteiger partial charge in [-0.2, -0.15) is 0 Å². The third kappa shape index (κ3) is 3.23. The van der Waals surface area contributed by atoms with Crippen LogP contribution in [0.2, 0.25) is 0 Å². The fourth-order valence-corrected chi connectivity index (χ4v) is 1.90. The first-order valence-corrected chi connectivity index (χ1v) is 5.72. The van der Waals surface area contributed by atoms with E-state index < -0.39 is 0 Å². The van der Waals surface area contributed by atoms with Crippen molar-refractivity contribution in [2.24, 2.45) is 5.92 Å². The number of hydrogen-bond acceptors (Lipinski definition) is 2. The normalized spacial score (nSPS) is 21.0. The van der Waals surface area contributed by atoms with Crippen LogP contribution >= 0.6 is 0 Å². The summed E-state index contributed by atoms with van der Waals surface area (Å²) in [7, 11) is 0. The highest BCUT2D eigenvalue weighted by Gasteiger charge is 2.18. The summed E-state index contributed by atoms with van der Waals surface area (Å²) in [5, 5.41) is 0. The molecule has 1 aromatic rings. The Morgan fingerprint density at radius 3 is 2.88 bits per heavy atom. The molecule has 1 aliphatic heterocycles. The molecule has 1 aromatic carbocycles. The Morgan fingerprint density at radius 2 is 2.12 bits per heavy atom. The molecule has 1 fully saturated rings. The molecule has 1 saturated heterocycles. The summed E-state index contributed by atoms with van der Waals surface area (Å²) < 4.78 is 4.91. The van der Waals surface area contributed by atoms with Crippen molar-refractivity contribution in [1.29, 1.82) is 0 Å². The monoisotopic (exact) mass is 216 g/mol. The van der Waals surface area contributed by atoms with Gasteiger partial charge in [0.25, 0.3) is 0 Å². The number of carbonyl (C=O) groups excluding carboxylic acids is 1. The molecule has 1 atom stereocenters. The lowest BCUT2D eigenvalue weighted by atomic mass is 9.96. The Bertz CT molecular complexity index is 368. The van der Waals surface area contributed by atoms with Crippen molar-refractivity contribution < 1.29 is 9.53 Å². The maximum Gasteiger partial charge on any atom is 0.306 e. The van der Waals surface area contributed by atoms with Crippen molar-refractivity contribution in [3.63, 3.8) is 0 Å². The minimum atomic E-state index is -0.0515. The third-order valence-electron chi connectivity index (χ3n) is 2.82. The van der Waals surface area contributed by atoms with E-state index in [2.05, 4.69) is 24.3 Å². The molecule has 1 heterocycles. The van der Waals surface area contributed by atoms with E-state index in [1.807, 2.05) is 18.2 Å². The second kappa shape index (κ2) is 5.50. The van der Waals surface area contributed by atoms with E-state index in [0.717, 1.165) is 12.8 Å². The molecule has 2 nitrogen and oxygen atoms in total. The van der Waals surface area contributed by atoms with Gasteiger partial charge in [0.15, 0.2) is 0 Å². The number of rotatable bonds is 3. The maximum absolute atomic E-state index is 11.1. The average Bonchev–Trinajstić information content (AvgIpc) is 2.30. The van der Waals surface area contributed by atoms with Crippen molar-refractivity contribution in [2.75, 3.05) is 6.61 Å². The first-order chi connectivity index (χ1) is 7.84. The summed E-state index contributed by atoms with van der Waals surface area (Å²) in [5.41, 5.74) is 1.21. The van der Waals surface area contributed by atoms with Gasteiger partial charge in [0.2, 0.25) is 0 Å². The van der Waals surface area contributed by atoms with Gasteiger partial charge in [-0.1, -0.05) is 42.5 Å². The number of carbonyl (C=O) groups is 1. The van der Waals surface area contributed by atoms with E-state index in [9.17, 15) is 4.79 Å². The molecule has 84 valence electrons. The van der Waals surface area contributed by atoms with Gasteiger partial charge in [0.05, 0.1) is 6.61 Å². The first kappa shape index (κ1) is 10.9. The number of hydrogen-bond donors (Lipinski definition) is 0. The zero-order chi connectivity index (χ0) is 11.2. The zero-order valence-electron chi connectivity index (χ0n) is 9.26. The summed E-state index contributed by atoms with van der Waals surface area (Å²) in [6, 6.07) is 10.2. The molecular weight excluding hydrogens is 200 g/mol. The van der Waals surface area contributed by atoms with Crippen molar-refractivity contribution in [3.05, 3.63) is 42.0 Å². The number of cyclic esters (lactones) is 1. The van der Waals surface area contributed by atoms with Crippen molar-refractivity contribution in [3.8, 4) is 0 Å². The lowest BCUT2D eigenvalue weighted by Gasteiger charge is -2.19. The largest absolute Gasteiger partial charge is 0.466 e. The molecule has 0 saturated carbocycles. The molecule has 0 N–H and O–H groups in total. The molecule has 0 unspecified atom stereocenters. The number of esters is 1. The van der Waals surface area contributed by atoms with Crippen LogP contribution in [0.4, 0.5) is 0 Å². The molecule has 2 heteroatoms. The minimum Gasteiger partial charge on any atom is -0.466 e. The van der Waals surface area contributed by atoms with Crippen LogP contribution in [0, 0.1) is 5.92 Å². The quantitative estimate of drug-likeness (QED) is 0.726. The Kier molecular flexibility index (Phi) is 3.76. The van der Waals surface area contributed by atoms with Crippen LogP contribution in [0.5, 0.6) is 0 Å². The second-order valence-corrected chi connectivity index (χ2v) is 4.13. The predicted molar refractivity (Wildman–Crippen MR) is 63.8 cm³/mol. The smallest absolute Gasteiger partial charge is 0.306 e. The summed E-state index contributed by atoms with van der Waals surface area (Å²) in [4.78, 5) is 11.1. The number of benzene rings is 1. The highest BCUT2D eigenvalue weighted by atomic mass is 16.5. The summed E-state index contributed by atoms with van der Waals surface area (Å²) in [6.45, 7) is 0.586. The van der Waals surface area contributed by atoms with Crippen LogP contribution in [0.15, 0.2) is 36.4 Å². The Labute approximate surface area is 95.9 Å². The van der Waals surface area contributed by atoms with E-state index in [-0.39, 0.29) is 5.97 Å². The van der Waals surface area contributed by atoms with Gasteiger partial charge < -0.3 is 4.74 Å². The van der Waals surface area contributed by atoms with Crippen LogP contribution < -0.4 is 0 Å². The van der Waals surface area contributed by atoms with Gasteiger partial charge in [-0.15, -0.1) is 0 Å². The summed E-state index contributed by atoms with van der Waals surface area (Å²) in [6.07, 6.45) is 6.78. The molecule has 0 radical (unpaired) electrons. The SMILES string of the molecule is O=C1C[C@H](CC=Cc2ccccc2)CCO1. The van der Waals surface area contributed by atoms with Crippen molar-refractivity contribution in [1.82, 2.24) is 0 Å². The van der Waals surface area contributed by atoms with Crippen molar-refractivity contribution in [2.45, 2.75) is 19.3 Å². The molecule has 0 aromatic heterocycles. The minimum absolute atomic E-state index is 0.0515. The highest BCUT2D eigenvalue weighted by Crippen LogP contribution is 2.20.